The quantitative estimate of drug-likeness (QED) is 0.832. The molecule has 0 unspecified atom stereocenters. The fourth-order valence-electron chi connectivity index (χ4n) is 1.24. The minimum atomic E-state index is -0.725. The number of aryl methyl sites for hydroxylation is 1. The fourth-order valence-corrected chi connectivity index (χ4v) is 1.24. The molecule has 0 bridgehead atoms. The zero-order valence-electron chi connectivity index (χ0n) is 15.1. The van der Waals surface area contributed by atoms with Crippen LogP contribution >= 0.6 is 0 Å². The van der Waals surface area contributed by atoms with Gasteiger partial charge in [-0.1, -0.05) is 27.2 Å². The van der Waals surface area contributed by atoms with E-state index in [1.807, 2.05) is 33.0 Å². The van der Waals surface area contributed by atoms with Crippen LogP contribution in [0.25, 0.3) is 0 Å². The van der Waals surface area contributed by atoms with Crippen molar-refractivity contribution in [1.82, 2.24) is 4.98 Å². The van der Waals surface area contributed by atoms with Gasteiger partial charge in [-0.3, -0.25) is 4.98 Å². The van der Waals surface area contributed by atoms with E-state index in [0.29, 0.717) is 0 Å². The van der Waals surface area contributed by atoms with Crippen molar-refractivity contribution in [2.45, 2.75) is 66.9 Å². The summed E-state index contributed by atoms with van der Waals surface area (Å²) < 4.78 is 10.0. The minimum Gasteiger partial charge on any atom is -0.492 e. The molecule has 0 aliphatic carbocycles. The summed E-state index contributed by atoms with van der Waals surface area (Å²) in [6.45, 7) is 14.2. The molecule has 0 radical (unpaired) electrons. The average Bonchev–Trinajstić information content (AvgIpc) is 2.39. The van der Waals surface area contributed by atoms with Crippen LogP contribution in [0.3, 0.4) is 0 Å². The number of carbonyl (C=O) groups is 1. The first-order chi connectivity index (χ1) is 10.2. The van der Waals surface area contributed by atoms with Crippen molar-refractivity contribution >= 4 is 6.09 Å². The normalized spacial score (nSPS) is 9.59. The van der Waals surface area contributed by atoms with E-state index >= 15 is 0 Å². The SMILES string of the molecule is CC.CC(C)(C)OC(N)=O.CCCCOc1cncc(C)c1. The van der Waals surface area contributed by atoms with Gasteiger partial charge in [0.25, 0.3) is 0 Å². The zero-order chi connectivity index (χ0) is 17.6. The van der Waals surface area contributed by atoms with E-state index in [2.05, 4.69) is 16.6 Å². The van der Waals surface area contributed by atoms with Crippen LogP contribution in [0.15, 0.2) is 18.5 Å². The van der Waals surface area contributed by atoms with Gasteiger partial charge in [0, 0.05) is 6.20 Å². The first kappa shape index (κ1) is 22.5. The Kier molecular flexibility index (Phi) is 13.2. The zero-order valence-corrected chi connectivity index (χ0v) is 15.1. The highest BCUT2D eigenvalue weighted by Crippen LogP contribution is 2.10. The molecule has 1 amide bonds. The molecule has 1 rings (SSSR count). The molecule has 0 saturated carbocycles. The van der Waals surface area contributed by atoms with Crippen LogP contribution in [0.5, 0.6) is 5.75 Å². The van der Waals surface area contributed by atoms with Crippen LogP contribution in [-0.2, 0) is 4.74 Å². The number of carbonyl (C=O) groups excluding carboxylic acids is 1. The topological polar surface area (TPSA) is 74.4 Å². The maximum Gasteiger partial charge on any atom is 0.405 e. The standard InChI is InChI=1S/C10H15NO.C5H11NO2.C2H6/c1-3-4-5-12-10-6-9(2)7-11-8-10;1-5(2,3)8-4(6)7;1-2/h6-8H,3-5H2,1-2H3;1-3H3,(H2,6,7);1-2H3. The summed E-state index contributed by atoms with van der Waals surface area (Å²) in [6.07, 6.45) is 5.13. The molecule has 0 fully saturated rings. The van der Waals surface area contributed by atoms with Crippen molar-refractivity contribution in [3.8, 4) is 5.75 Å². The summed E-state index contributed by atoms with van der Waals surface area (Å²) in [7, 11) is 0. The molecule has 0 spiro atoms. The van der Waals surface area contributed by atoms with Crippen LogP contribution in [0.2, 0.25) is 0 Å². The Morgan fingerprint density at radius 2 is 1.86 bits per heavy atom. The Morgan fingerprint density at radius 1 is 1.27 bits per heavy atom. The molecule has 22 heavy (non-hydrogen) atoms. The first-order valence-corrected chi connectivity index (χ1v) is 7.77. The number of hydrogen-bond acceptors (Lipinski definition) is 4. The van der Waals surface area contributed by atoms with Crippen LogP contribution in [-0.4, -0.2) is 23.3 Å². The first-order valence-electron chi connectivity index (χ1n) is 7.77. The number of rotatable bonds is 4. The molecule has 0 atom stereocenters. The van der Waals surface area contributed by atoms with Gasteiger partial charge in [0.1, 0.15) is 11.4 Å². The molecule has 0 saturated heterocycles. The minimum absolute atomic E-state index is 0.453. The number of nitrogens with two attached hydrogens (primary N) is 1. The summed E-state index contributed by atoms with van der Waals surface area (Å²) in [5.74, 6) is 0.878. The van der Waals surface area contributed by atoms with Gasteiger partial charge in [0.2, 0.25) is 0 Å². The molecule has 1 heterocycles. The number of ether oxygens (including phenoxy) is 2. The smallest absolute Gasteiger partial charge is 0.405 e. The van der Waals surface area contributed by atoms with Crippen LogP contribution < -0.4 is 10.5 Å². The number of hydrogen-bond donors (Lipinski definition) is 1. The summed E-state index contributed by atoms with van der Waals surface area (Å²) in [5, 5.41) is 0. The highest BCUT2D eigenvalue weighted by Gasteiger charge is 2.12. The Morgan fingerprint density at radius 3 is 2.23 bits per heavy atom. The predicted molar refractivity (Wildman–Crippen MR) is 91.1 cm³/mol. The summed E-state index contributed by atoms with van der Waals surface area (Å²) >= 11 is 0. The van der Waals surface area contributed by atoms with E-state index in [4.69, 9.17) is 10.5 Å². The van der Waals surface area contributed by atoms with Gasteiger partial charge >= 0.3 is 6.09 Å². The average molecular weight is 312 g/mol. The Hall–Kier alpha value is -1.78. The highest BCUT2D eigenvalue weighted by molar-refractivity contribution is 5.65. The van der Waals surface area contributed by atoms with Crippen molar-refractivity contribution in [1.29, 1.82) is 0 Å². The Bertz CT molecular complexity index is 401. The van der Waals surface area contributed by atoms with Crippen LogP contribution in [0.1, 0.15) is 59.9 Å². The summed E-state index contributed by atoms with van der Waals surface area (Å²) in [5.41, 5.74) is 5.41. The monoisotopic (exact) mass is 312 g/mol. The third-order valence-electron chi connectivity index (χ3n) is 2.02. The molecule has 0 aromatic carbocycles. The summed E-state index contributed by atoms with van der Waals surface area (Å²) in [4.78, 5) is 14.1. The third kappa shape index (κ3) is 16.3. The van der Waals surface area contributed by atoms with E-state index in [1.54, 1.807) is 27.0 Å². The second-order valence-electron chi connectivity index (χ2n) is 5.43. The molecule has 5 heteroatoms. The molecule has 128 valence electrons. The number of pyridine rings is 1. The highest BCUT2D eigenvalue weighted by atomic mass is 16.6. The molecule has 0 aliphatic heterocycles. The molecular formula is C17H32N2O3. The number of unbranched alkanes of at least 4 members (excludes halogenated alkanes) is 1. The van der Waals surface area contributed by atoms with Gasteiger partial charge in [0.05, 0.1) is 12.8 Å². The lowest BCUT2D eigenvalue weighted by Crippen LogP contribution is -2.27. The van der Waals surface area contributed by atoms with E-state index in [0.717, 1.165) is 24.3 Å². The van der Waals surface area contributed by atoms with Crippen molar-refractivity contribution in [3.63, 3.8) is 0 Å². The maximum absolute atomic E-state index is 10.0. The van der Waals surface area contributed by atoms with Gasteiger partial charge in [0.15, 0.2) is 0 Å². The van der Waals surface area contributed by atoms with Crippen molar-refractivity contribution in [2.75, 3.05) is 6.61 Å². The Labute approximate surface area is 135 Å². The molecule has 2 N–H and O–H groups in total. The lowest BCUT2D eigenvalue weighted by Gasteiger charge is -2.16. The Balaban J connectivity index is 0. The number of nitrogens with zero attached hydrogens (tertiary/aromatic N) is 1. The van der Waals surface area contributed by atoms with Gasteiger partial charge in [-0.05, 0) is 45.7 Å². The number of aromatic nitrogens is 1. The predicted octanol–water partition coefficient (Wildman–Crippen LogP) is 4.48. The molecule has 0 aliphatic rings. The lowest BCUT2D eigenvalue weighted by molar-refractivity contribution is 0.0600. The van der Waals surface area contributed by atoms with Crippen molar-refractivity contribution in [3.05, 3.63) is 24.0 Å². The fraction of sp³-hybridized carbons (Fsp3) is 0.647. The van der Waals surface area contributed by atoms with E-state index < -0.39 is 11.7 Å². The van der Waals surface area contributed by atoms with Crippen LogP contribution in [0, 0.1) is 6.92 Å². The lowest BCUT2D eigenvalue weighted by atomic mass is 10.2. The van der Waals surface area contributed by atoms with E-state index in [1.165, 1.54) is 6.42 Å². The molecule has 5 nitrogen and oxygen atoms in total. The molecule has 1 aromatic heterocycles. The summed E-state index contributed by atoms with van der Waals surface area (Å²) in [6, 6.07) is 2.00. The van der Waals surface area contributed by atoms with E-state index in [9.17, 15) is 4.79 Å². The largest absolute Gasteiger partial charge is 0.492 e. The van der Waals surface area contributed by atoms with Crippen LogP contribution in [0.4, 0.5) is 4.79 Å². The van der Waals surface area contributed by atoms with E-state index in [-0.39, 0.29) is 0 Å². The van der Waals surface area contributed by atoms with Crippen molar-refractivity contribution in [2.24, 2.45) is 5.73 Å². The number of primary amides is 1. The second kappa shape index (κ2) is 12.9. The van der Waals surface area contributed by atoms with Gasteiger partial charge in [-0.25, -0.2) is 4.79 Å². The maximum atomic E-state index is 10.0. The molecular weight excluding hydrogens is 280 g/mol. The van der Waals surface area contributed by atoms with Gasteiger partial charge in [-0.15, -0.1) is 0 Å². The number of amides is 1. The second-order valence-corrected chi connectivity index (χ2v) is 5.43. The van der Waals surface area contributed by atoms with Gasteiger partial charge in [-0.2, -0.15) is 0 Å². The van der Waals surface area contributed by atoms with Crippen molar-refractivity contribution < 1.29 is 14.3 Å². The van der Waals surface area contributed by atoms with Gasteiger partial charge < -0.3 is 15.2 Å². The molecule has 1 aromatic rings. The third-order valence-corrected chi connectivity index (χ3v) is 2.02.